The second kappa shape index (κ2) is 4.77. The quantitative estimate of drug-likeness (QED) is 0.775. The average Bonchev–Trinajstić information content (AvgIpc) is 2.41. The Hall–Kier alpha value is -0.900. The molecule has 1 spiro atoms. The summed E-state index contributed by atoms with van der Waals surface area (Å²) in [5.41, 5.74) is 1.30. The first-order chi connectivity index (χ1) is 8.38. The molecule has 0 saturated carbocycles. The van der Waals surface area contributed by atoms with Gasteiger partial charge in [-0.1, -0.05) is 30.3 Å². The van der Waals surface area contributed by atoms with Gasteiger partial charge in [-0.2, -0.15) is 0 Å². The maximum absolute atomic E-state index is 6.01. The van der Waals surface area contributed by atoms with E-state index in [1.165, 1.54) is 5.56 Å². The molecule has 1 aromatic rings. The van der Waals surface area contributed by atoms with Gasteiger partial charge in [-0.3, -0.25) is 5.32 Å². The first-order valence-corrected chi connectivity index (χ1v) is 6.55. The fraction of sp³-hybridized carbons (Fsp3) is 0.571. The van der Waals surface area contributed by atoms with Crippen LogP contribution in [-0.2, 0) is 4.74 Å². The van der Waals surface area contributed by atoms with Crippen molar-refractivity contribution in [2.24, 2.45) is 0 Å². The van der Waals surface area contributed by atoms with E-state index in [1.807, 2.05) is 0 Å². The summed E-state index contributed by atoms with van der Waals surface area (Å²) in [4.78, 5) is 0. The van der Waals surface area contributed by atoms with Gasteiger partial charge in [-0.15, -0.1) is 0 Å². The van der Waals surface area contributed by atoms with Crippen LogP contribution in [0.4, 0.5) is 0 Å². The second-order valence-electron chi connectivity index (χ2n) is 4.99. The minimum atomic E-state index is -0.0794. The largest absolute Gasteiger partial charge is 0.360 e. The Morgan fingerprint density at radius 1 is 1.12 bits per heavy atom. The average molecular weight is 232 g/mol. The molecule has 2 aliphatic rings. The van der Waals surface area contributed by atoms with Crippen molar-refractivity contribution < 1.29 is 4.74 Å². The summed E-state index contributed by atoms with van der Waals surface area (Å²) in [6.07, 6.45) is 3.20. The zero-order valence-electron chi connectivity index (χ0n) is 10.1. The van der Waals surface area contributed by atoms with Crippen LogP contribution in [-0.4, -0.2) is 25.4 Å². The molecule has 1 atom stereocenters. The molecule has 92 valence electrons. The van der Waals surface area contributed by atoms with Gasteiger partial charge in [0, 0.05) is 18.9 Å². The zero-order valence-corrected chi connectivity index (χ0v) is 10.1. The smallest absolute Gasteiger partial charge is 0.122 e. The number of nitrogens with one attached hydrogen (secondary N) is 2. The van der Waals surface area contributed by atoms with Crippen LogP contribution < -0.4 is 10.6 Å². The van der Waals surface area contributed by atoms with Gasteiger partial charge in [0.05, 0.1) is 6.61 Å². The van der Waals surface area contributed by atoms with Crippen molar-refractivity contribution in [2.75, 3.05) is 19.7 Å². The van der Waals surface area contributed by atoms with Gasteiger partial charge in [-0.05, 0) is 25.1 Å². The van der Waals surface area contributed by atoms with E-state index in [2.05, 4.69) is 41.0 Å². The summed E-state index contributed by atoms with van der Waals surface area (Å²) in [5, 5.41) is 7.11. The van der Waals surface area contributed by atoms with E-state index < -0.39 is 0 Å². The van der Waals surface area contributed by atoms with E-state index in [9.17, 15) is 0 Å². The molecule has 1 unspecified atom stereocenters. The monoisotopic (exact) mass is 232 g/mol. The van der Waals surface area contributed by atoms with Crippen molar-refractivity contribution in [1.82, 2.24) is 10.6 Å². The van der Waals surface area contributed by atoms with E-state index in [-0.39, 0.29) is 5.72 Å². The van der Waals surface area contributed by atoms with Gasteiger partial charge in [0.15, 0.2) is 0 Å². The molecule has 2 N–H and O–H groups in total. The van der Waals surface area contributed by atoms with E-state index in [0.29, 0.717) is 6.04 Å². The molecule has 2 fully saturated rings. The molecule has 2 aliphatic heterocycles. The first kappa shape index (κ1) is 11.2. The molecule has 1 aromatic carbocycles. The van der Waals surface area contributed by atoms with Crippen molar-refractivity contribution in [3.63, 3.8) is 0 Å². The minimum Gasteiger partial charge on any atom is -0.360 e. The lowest BCUT2D eigenvalue weighted by atomic mass is 9.94. The third-order valence-corrected chi connectivity index (χ3v) is 3.84. The van der Waals surface area contributed by atoms with E-state index in [4.69, 9.17) is 4.74 Å². The molecule has 0 radical (unpaired) electrons. The summed E-state index contributed by atoms with van der Waals surface area (Å²) in [5.74, 6) is 0. The maximum atomic E-state index is 6.01. The summed E-state index contributed by atoms with van der Waals surface area (Å²) < 4.78 is 6.01. The standard InChI is InChI=1S/C14H20N2O/c1-2-4-12(5-3-1)13-6-11-17-14(16-13)7-9-15-10-8-14/h1-5,13,15-16H,6-11H2. The molecule has 3 nitrogen and oxygen atoms in total. The molecule has 2 saturated heterocycles. The molecular weight excluding hydrogens is 212 g/mol. The third kappa shape index (κ3) is 2.37. The lowest BCUT2D eigenvalue weighted by Gasteiger charge is -2.45. The highest BCUT2D eigenvalue weighted by atomic mass is 16.5. The molecule has 0 bridgehead atoms. The van der Waals surface area contributed by atoms with Gasteiger partial charge in [0.2, 0.25) is 0 Å². The Balaban J connectivity index is 1.75. The normalized spacial score (nSPS) is 28.1. The highest BCUT2D eigenvalue weighted by Crippen LogP contribution is 2.31. The van der Waals surface area contributed by atoms with Crippen molar-refractivity contribution in [1.29, 1.82) is 0 Å². The predicted molar refractivity (Wildman–Crippen MR) is 67.7 cm³/mol. The summed E-state index contributed by atoms with van der Waals surface area (Å²) in [6, 6.07) is 11.2. The number of rotatable bonds is 1. The molecule has 0 amide bonds. The van der Waals surface area contributed by atoms with Crippen LogP contribution in [0.5, 0.6) is 0 Å². The van der Waals surface area contributed by atoms with Crippen LogP contribution >= 0.6 is 0 Å². The summed E-state index contributed by atoms with van der Waals surface area (Å²) >= 11 is 0. The Bertz CT molecular complexity index is 354. The van der Waals surface area contributed by atoms with Crippen molar-refractivity contribution in [3.05, 3.63) is 35.9 Å². The van der Waals surface area contributed by atoms with E-state index in [0.717, 1.165) is 39.0 Å². The Labute approximate surface area is 103 Å². The number of ether oxygens (including phenoxy) is 1. The predicted octanol–water partition coefficient (Wildman–Crippen LogP) is 1.82. The van der Waals surface area contributed by atoms with Gasteiger partial charge in [-0.25, -0.2) is 0 Å². The topological polar surface area (TPSA) is 33.3 Å². The zero-order chi connectivity index (χ0) is 11.6. The highest BCUT2D eigenvalue weighted by molar-refractivity contribution is 5.19. The fourth-order valence-electron chi connectivity index (χ4n) is 2.86. The highest BCUT2D eigenvalue weighted by Gasteiger charge is 2.38. The molecule has 0 aliphatic carbocycles. The van der Waals surface area contributed by atoms with Gasteiger partial charge in [0.25, 0.3) is 0 Å². The third-order valence-electron chi connectivity index (χ3n) is 3.84. The molecule has 2 heterocycles. The second-order valence-corrected chi connectivity index (χ2v) is 4.99. The van der Waals surface area contributed by atoms with Crippen LogP contribution in [0.1, 0.15) is 30.9 Å². The van der Waals surface area contributed by atoms with Crippen molar-refractivity contribution in [2.45, 2.75) is 31.0 Å². The molecule has 17 heavy (non-hydrogen) atoms. The SMILES string of the molecule is c1ccc(C2CCOC3(CCNCC3)N2)cc1. The van der Waals surface area contributed by atoms with Crippen LogP contribution in [0.25, 0.3) is 0 Å². The fourth-order valence-corrected chi connectivity index (χ4v) is 2.86. The van der Waals surface area contributed by atoms with E-state index in [1.54, 1.807) is 0 Å². The Morgan fingerprint density at radius 3 is 2.65 bits per heavy atom. The summed E-state index contributed by atoms with van der Waals surface area (Å²) in [7, 11) is 0. The number of hydrogen-bond donors (Lipinski definition) is 2. The van der Waals surface area contributed by atoms with Crippen LogP contribution in [0.3, 0.4) is 0 Å². The molecule has 3 heteroatoms. The number of piperidine rings is 1. The Kier molecular flexibility index (Phi) is 3.14. The number of benzene rings is 1. The molecule has 0 aromatic heterocycles. The van der Waals surface area contributed by atoms with Gasteiger partial charge >= 0.3 is 0 Å². The van der Waals surface area contributed by atoms with Crippen LogP contribution in [0.15, 0.2) is 30.3 Å². The minimum absolute atomic E-state index is 0.0794. The van der Waals surface area contributed by atoms with Crippen molar-refractivity contribution >= 4 is 0 Å². The van der Waals surface area contributed by atoms with Crippen LogP contribution in [0, 0.1) is 0 Å². The lowest BCUT2D eigenvalue weighted by Crippen LogP contribution is -2.58. The van der Waals surface area contributed by atoms with Crippen LogP contribution in [0.2, 0.25) is 0 Å². The van der Waals surface area contributed by atoms with Crippen molar-refractivity contribution in [3.8, 4) is 0 Å². The maximum Gasteiger partial charge on any atom is 0.122 e. The van der Waals surface area contributed by atoms with Gasteiger partial charge in [0.1, 0.15) is 5.72 Å². The summed E-state index contributed by atoms with van der Waals surface area (Å²) in [6.45, 7) is 2.97. The Morgan fingerprint density at radius 2 is 1.88 bits per heavy atom. The first-order valence-electron chi connectivity index (χ1n) is 6.55. The molecule has 3 rings (SSSR count). The van der Waals surface area contributed by atoms with Gasteiger partial charge < -0.3 is 10.1 Å². The molecular formula is C14H20N2O. The van der Waals surface area contributed by atoms with E-state index >= 15 is 0 Å². The number of hydrogen-bond acceptors (Lipinski definition) is 3. The lowest BCUT2D eigenvalue weighted by molar-refractivity contribution is -0.127.